The summed E-state index contributed by atoms with van der Waals surface area (Å²) in [6.07, 6.45) is 0.934. The van der Waals surface area contributed by atoms with Gasteiger partial charge in [0.25, 0.3) is 5.91 Å². The van der Waals surface area contributed by atoms with Gasteiger partial charge >= 0.3 is 0 Å². The minimum absolute atomic E-state index is 0.0418. The molecule has 0 radical (unpaired) electrons. The summed E-state index contributed by atoms with van der Waals surface area (Å²) in [7, 11) is 3.30. The Morgan fingerprint density at radius 3 is 2.42 bits per heavy atom. The molecule has 0 aromatic heterocycles. The molecule has 0 bridgehead atoms. The van der Waals surface area contributed by atoms with Gasteiger partial charge in [-0.1, -0.05) is 18.2 Å². The van der Waals surface area contributed by atoms with E-state index in [9.17, 15) is 4.79 Å². The van der Waals surface area contributed by atoms with Gasteiger partial charge in [-0.3, -0.25) is 4.79 Å². The zero-order valence-electron chi connectivity index (χ0n) is 14.1. The summed E-state index contributed by atoms with van der Waals surface area (Å²) in [5.41, 5.74) is 3.34. The summed E-state index contributed by atoms with van der Waals surface area (Å²) in [6, 6.07) is 13.6. The smallest absolute Gasteiger partial charge is 0.279 e. The number of amides is 1. The molecule has 24 heavy (non-hydrogen) atoms. The number of carbonyl (C=O) groups is 1. The number of fused-ring (bicyclic) bond motifs is 1. The van der Waals surface area contributed by atoms with Crippen molar-refractivity contribution < 1.29 is 19.2 Å². The molecule has 0 spiro atoms. The van der Waals surface area contributed by atoms with Crippen LogP contribution in [0.5, 0.6) is 11.5 Å². The molecule has 0 aliphatic carbocycles. The maximum atomic E-state index is 12.2. The number of methoxy groups -OCH3 is 2. The fraction of sp³-hybridized carbons (Fsp3) is 0.316. The summed E-state index contributed by atoms with van der Waals surface area (Å²) in [5, 5.41) is 2.95. The number of para-hydroxylation sites is 1. The van der Waals surface area contributed by atoms with Gasteiger partial charge in [0.2, 0.25) is 0 Å². The van der Waals surface area contributed by atoms with Crippen LogP contribution in [-0.2, 0) is 17.8 Å². The van der Waals surface area contributed by atoms with E-state index in [1.54, 1.807) is 14.2 Å². The van der Waals surface area contributed by atoms with Crippen molar-refractivity contribution in [2.24, 2.45) is 0 Å². The van der Waals surface area contributed by atoms with Crippen molar-refractivity contribution in [1.82, 2.24) is 0 Å². The number of benzene rings is 2. The van der Waals surface area contributed by atoms with E-state index in [0.717, 1.165) is 36.7 Å². The molecule has 2 aromatic carbocycles. The largest absolute Gasteiger partial charge is 0.493 e. The molecular formula is C19H23N2O3+. The standard InChI is InChI=1S/C19H22N2O3/c1-23-17-10-14-8-9-21(12-15(14)11-18(17)24-2)13-19(22)20-16-6-4-3-5-7-16/h3-7,10-11H,8-9,12-13H2,1-2H3,(H,20,22)/p+1. The molecule has 1 aliphatic heterocycles. The zero-order chi connectivity index (χ0) is 16.9. The molecule has 2 aromatic rings. The summed E-state index contributed by atoms with van der Waals surface area (Å²) in [6.45, 7) is 2.21. The van der Waals surface area contributed by atoms with Crippen LogP contribution in [0.25, 0.3) is 0 Å². The van der Waals surface area contributed by atoms with Gasteiger partial charge in [0.15, 0.2) is 18.0 Å². The molecule has 126 valence electrons. The number of carbonyl (C=O) groups excluding carboxylic acids is 1. The SMILES string of the molecule is COc1cc2c(cc1OC)C[NH+](CC(=O)Nc1ccccc1)CC2. The molecular weight excluding hydrogens is 304 g/mol. The molecule has 1 heterocycles. The van der Waals surface area contributed by atoms with Crippen molar-refractivity contribution in [3.05, 3.63) is 53.6 Å². The lowest BCUT2D eigenvalue weighted by molar-refractivity contribution is -0.907. The predicted molar refractivity (Wildman–Crippen MR) is 92.7 cm³/mol. The maximum Gasteiger partial charge on any atom is 0.279 e. The van der Waals surface area contributed by atoms with Crippen molar-refractivity contribution in [2.75, 3.05) is 32.6 Å². The molecule has 1 atom stereocenters. The summed E-state index contributed by atoms with van der Waals surface area (Å²) in [4.78, 5) is 13.5. The molecule has 0 saturated carbocycles. The van der Waals surface area contributed by atoms with Crippen LogP contribution in [0.15, 0.2) is 42.5 Å². The van der Waals surface area contributed by atoms with E-state index >= 15 is 0 Å². The number of ether oxygens (including phenoxy) is 2. The van der Waals surface area contributed by atoms with E-state index in [1.807, 2.05) is 36.4 Å². The quantitative estimate of drug-likeness (QED) is 0.870. The highest BCUT2D eigenvalue weighted by atomic mass is 16.5. The van der Waals surface area contributed by atoms with Gasteiger partial charge in [-0.05, 0) is 29.8 Å². The lowest BCUT2D eigenvalue weighted by Gasteiger charge is -2.26. The van der Waals surface area contributed by atoms with Gasteiger partial charge in [-0.2, -0.15) is 0 Å². The Morgan fingerprint density at radius 2 is 1.75 bits per heavy atom. The van der Waals surface area contributed by atoms with Gasteiger partial charge < -0.3 is 19.7 Å². The average Bonchev–Trinajstić information content (AvgIpc) is 2.61. The first-order valence-electron chi connectivity index (χ1n) is 8.12. The molecule has 5 nitrogen and oxygen atoms in total. The van der Waals surface area contributed by atoms with E-state index < -0.39 is 0 Å². The first-order valence-corrected chi connectivity index (χ1v) is 8.12. The third-order valence-corrected chi connectivity index (χ3v) is 4.36. The molecule has 2 N–H and O–H groups in total. The Balaban J connectivity index is 1.65. The summed E-state index contributed by atoms with van der Waals surface area (Å²) >= 11 is 0. The highest BCUT2D eigenvalue weighted by Gasteiger charge is 2.23. The van der Waals surface area contributed by atoms with Crippen LogP contribution >= 0.6 is 0 Å². The third-order valence-electron chi connectivity index (χ3n) is 4.36. The van der Waals surface area contributed by atoms with Crippen molar-refractivity contribution >= 4 is 11.6 Å². The second-order valence-electron chi connectivity index (χ2n) is 5.99. The highest BCUT2D eigenvalue weighted by Crippen LogP contribution is 2.31. The Morgan fingerprint density at radius 1 is 1.08 bits per heavy atom. The summed E-state index contributed by atoms with van der Waals surface area (Å²) < 4.78 is 10.7. The number of quaternary nitrogens is 1. The lowest BCUT2D eigenvalue weighted by atomic mass is 9.99. The van der Waals surface area contributed by atoms with Crippen LogP contribution in [0.4, 0.5) is 5.69 Å². The Hall–Kier alpha value is -2.53. The van der Waals surface area contributed by atoms with Gasteiger partial charge in [-0.15, -0.1) is 0 Å². The van der Waals surface area contributed by atoms with Crippen molar-refractivity contribution in [2.45, 2.75) is 13.0 Å². The van der Waals surface area contributed by atoms with Crippen LogP contribution in [0.1, 0.15) is 11.1 Å². The third kappa shape index (κ3) is 3.68. The predicted octanol–water partition coefficient (Wildman–Crippen LogP) is 1.28. The Kier molecular flexibility index (Phi) is 5.01. The first-order chi connectivity index (χ1) is 11.7. The van der Waals surface area contributed by atoms with Gasteiger partial charge in [0.1, 0.15) is 6.54 Å². The molecule has 0 saturated heterocycles. The van der Waals surface area contributed by atoms with Gasteiger partial charge in [0.05, 0.1) is 20.8 Å². The van der Waals surface area contributed by atoms with Gasteiger partial charge in [-0.25, -0.2) is 0 Å². The monoisotopic (exact) mass is 327 g/mol. The number of anilines is 1. The normalized spacial score (nSPS) is 16.2. The van der Waals surface area contributed by atoms with Crippen LogP contribution < -0.4 is 19.7 Å². The fourth-order valence-electron chi connectivity index (χ4n) is 3.13. The van der Waals surface area contributed by atoms with E-state index in [2.05, 4.69) is 11.4 Å². The molecule has 0 fully saturated rings. The molecule has 1 amide bonds. The number of hydrogen-bond acceptors (Lipinski definition) is 3. The van der Waals surface area contributed by atoms with E-state index in [0.29, 0.717) is 6.54 Å². The van der Waals surface area contributed by atoms with E-state index in [1.165, 1.54) is 16.0 Å². The van der Waals surface area contributed by atoms with Crippen molar-refractivity contribution in [1.29, 1.82) is 0 Å². The number of nitrogens with one attached hydrogen (secondary N) is 2. The second-order valence-corrected chi connectivity index (χ2v) is 5.99. The Labute approximate surface area is 142 Å². The summed E-state index contributed by atoms with van der Waals surface area (Å²) in [5.74, 6) is 1.55. The minimum Gasteiger partial charge on any atom is -0.493 e. The lowest BCUT2D eigenvalue weighted by Crippen LogP contribution is -3.12. The number of hydrogen-bond donors (Lipinski definition) is 2. The van der Waals surface area contributed by atoms with Crippen molar-refractivity contribution in [3.63, 3.8) is 0 Å². The average molecular weight is 327 g/mol. The van der Waals surface area contributed by atoms with E-state index in [4.69, 9.17) is 9.47 Å². The highest BCUT2D eigenvalue weighted by molar-refractivity contribution is 5.91. The van der Waals surface area contributed by atoms with Crippen molar-refractivity contribution in [3.8, 4) is 11.5 Å². The first kappa shape index (κ1) is 16.3. The van der Waals surface area contributed by atoms with Gasteiger partial charge in [0, 0.05) is 17.7 Å². The minimum atomic E-state index is 0.0418. The number of rotatable bonds is 5. The second kappa shape index (κ2) is 7.36. The van der Waals surface area contributed by atoms with Crippen LogP contribution in [0.2, 0.25) is 0 Å². The topological polar surface area (TPSA) is 52.0 Å². The fourth-order valence-corrected chi connectivity index (χ4v) is 3.13. The molecule has 3 rings (SSSR count). The van der Waals surface area contributed by atoms with Crippen LogP contribution in [0, 0.1) is 0 Å². The zero-order valence-corrected chi connectivity index (χ0v) is 14.1. The maximum absolute atomic E-state index is 12.2. The molecule has 1 aliphatic rings. The molecule has 1 unspecified atom stereocenters. The van der Waals surface area contributed by atoms with E-state index in [-0.39, 0.29) is 5.91 Å². The molecule has 5 heteroatoms. The van der Waals surface area contributed by atoms with Crippen LogP contribution in [0.3, 0.4) is 0 Å². The Bertz CT molecular complexity index is 716. The van der Waals surface area contributed by atoms with Crippen LogP contribution in [-0.4, -0.2) is 33.2 Å².